The molecule has 0 aromatic heterocycles. The number of aromatic hydroxyl groups is 1. The second kappa shape index (κ2) is 6.74. The number of imide groups is 2. The number of urea groups is 1. The lowest BCUT2D eigenvalue weighted by molar-refractivity contribution is -0.153. The summed E-state index contributed by atoms with van der Waals surface area (Å²) in [5, 5.41) is 31.7. The molecule has 4 rings (SSSR count). The molecule has 2 saturated heterocycles. The summed E-state index contributed by atoms with van der Waals surface area (Å²) in [5.41, 5.74) is -2.22. The first-order valence-electron chi connectivity index (χ1n) is 9.43. The van der Waals surface area contributed by atoms with Gasteiger partial charge in [0.05, 0.1) is 36.3 Å². The molecule has 0 aliphatic carbocycles. The van der Waals surface area contributed by atoms with E-state index in [0.717, 1.165) is 0 Å². The first-order valence-corrected chi connectivity index (χ1v) is 9.43. The van der Waals surface area contributed by atoms with Crippen LogP contribution in [0.3, 0.4) is 0 Å². The van der Waals surface area contributed by atoms with E-state index in [4.69, 9.17) is 10.1 Å². The Kier molecular flexibility index (Phi) is 4.55. The van der Waals surface area contributed by atoms with E-state index in [9.17, 15) is 24.6 Å². The number of aliphatic hydroxyl groups excluding tert-OH is 1. The number of benzene rings is 1. The summed E-state index contributed by atoms with van der Waals surface area (Å²) in [7, 11) is 0. The molecule has 1 aromatic rings. The van der Waals surface area contributed by atoms with Crippen molar-refractivity contribution in [3.8, 4) is 5.75 Å². The number of phenolic OH excluding ortho intramolecular Hbond substituents is 1. The van der Waals surface area contributed by atoms with Crippen LogP contribution in [0.5, 0.6) is 5.75 Å². The van der Waals surface area contributed by atoms with Gasteiger partial charge in [0.2, 0.25) is 11.8 Å². The van der Waals surface area contributed by atoms with E-state index in [1.54, 1.807) is 13.8 Å². The monoisotopic (exact) mass is 420 g/mol. The summed E-state index contributed by atoms with van der Waals surface area (Å²) < 4.78 is 21.1. The van der Waals surface area contributed by atoms with Gasteiger partial charge in [-0.3, -0.25) is 20.2 Å². The molecule has 0 unspecified atom stereocenters. The van der Waals surface area contributed by atoms with Gasteiger partial charge in [-0.25, -0.2) is 9.18 Å². The summed E-state index contributed by atoms with van der Waals surface area (Å²) in [6, 6.07) is -0.580. The number of barbiturate groups is 1. The molecule has 1 aromatic carbocycles. The molecule has 10 nitrogen and oxygen atoms in total. The lowest BCUT2D eigenvalue weighted by Gasteiger charge is -2.55. The number of morpholine rings is 1. The largest absolute Gasteiger partial charge is 0.504 e. The number of halogens is 1. The van der Waals surface area contributed by atoms with Crippen molar-refractivity contribution >= 4 is 29.2 Å². The average molecular weight is 420 g/mol. The highest BCUT2D eigenvalue weighted by atomic mass is 19.1. The average Bonchev–Trinajstić information content (AvgIpc) is 2.67. The van der Waals surface area contributed by atoms with Gasteiger partial charge >= 0.3 is 6.03 Å². The van der Waals surface area contributed by atoms with Crippen LogP contribution in [0.2, 0.25) is 0 Å². The Morgan fingerprint density at radius 2 is 1.97 bits per heavy atom. The third kappa shape index (κ3) is 2.62. The summed E-state index contributed by atoms with van der Waals surface area (Å²) in [6.07, 6.45) is -1.32. The lowest BCUT2D eigenvalue weighted by atomic mass is 9.66. The molecule has 5 N–H and O–H groups in total. The Hall–Kier alpha value is -3.05. The molecule has 3 aliphatic heterocycles. The molecule has 0 bridgehead atoms. The van der Waals surface area contributed by atoms with Gasteiger partial charge in [-0.2, -0.15) is 0 Å². The number of ether oxygens (including phenoxy) is 1. The van der Waals surface area contributed by atoms with Crippen molar-refractivity contribution in [2.45, 2.75) is 38.5 Å². The highest BCUT2D eigenvalue weighted by molar-refractivity contribution is 6.20. The highest BCUT2D eigenvalue weighted by Gasteiger charge is 2.63. The van der Waals surface area contributed by atoms with Crippen molar-refractivity contribution in [1.82, 2.24) is 10.6 Å². The van der Waals surface area contributed by atoms with Crippen LogP contribution >= 0.6 is 0 Å². The van der Waals surface area contributed by atoms with Crippen molar-refractivity contribution in [2.75, 3.05) is 18.1 Å². The number of amides is 4. The van der Waals surface area contributed by atoms with Crippen LogP contribution < -0.4 is 15.5 Å². The molecule has 30 heavy (non-hydrogen) atoms. The van der Waals surface area contributed by atoms with Crippen LogP contribution in [-0.2, 0) is 20.7 Å². The lowest BCUT2D eigenvalue weighted by Crippen LogP contribution is -2.75. The number of carbonyl (C=O) groups is 3. The van der Waals surface area contributed by atoms with E-state index < -0.39 is 59.3 Å². The minimum Gasteiger partial charge on any atom is -0.504 e. The number of phenols is 1. The Morgan fingerprint density at radius 3 is 2.57 bits per heavy atom. The quantitative estimate of drug-likeness (QED) is 0.328. The predicted molar refractivity (Wildman–Crippen MR) is 101 cm³/mol. The second-order valence-corrected chi connectivity index (χ2v) is 7.87. The van der Waals surface area contributed by atoms with Gasteiger partial charge in [-0.15, -0.1) is 0 Å². The van der Waals surface area contributed by atoms with Crippen molar-refractivity contribution in [1.29, 1.82) is 5.41 Å². The third-order valence-electron chi connectivity index (χ3n) is 5.98. The van der Waals surface area contributed by atoms with Crippen molar-refractivity contribution in [2.24, 2.45) is 5.41 Å². The molecule has 3 heterocycles. The van der Waals surface area contributed by atoms with E-state index in [0.29, 0.717) is 0 Å². The van der Waals surface area contributed by atoms with Crippen LogP contribution in [0.15, 0.2) is 6.07 Å². The Labute approximate surface area is 170 Å². The molecule has 0 radical (unpaired) electrons. The number of nitrogens with one attached hydrogen (secondary N) is 3. The first kappa shape index (κ1) is 20.2. The number of hydrogen-bond acceptors (Lipinski definition) is 8. The second-order valence-electron chi connectivity index (χ2n) is 7.87. The van der Waals surface area contributed by atoms with E-state index in [2.05, 4.69) is 10.6 Å². The summed E-state index contributed by atoms with van der Waals surface area (Å²) >= 11 is 0. The number of hydrogen-bond donors (Lipinski definition) is 5. The molecule has 1 spiro atoms. The highest BCUT2D eigenvalue weighted by Crippen LogP contribution is 2.49. The normalized spacial score (nSPS) is 27.3. The van der Waals surface area contributed by atoms with E-state index in [1.165, 1.54) is 11.0 Å². The molecular formula is C19H21FN4O6. The van der Waals surface area contributed by atoms with Gasteiger partial charge in [0.1, 0.15) is 0 Å². The standard InChI is InChI=1S/C19H21FN4O6/c1-7-5-24-13-9(3-10(11(21)6-25)14(26)12(13)20)4-19(15(24)8(2)30-7)16(27)22-18(29)23-17(19)28/h3,7-8,15,21,25-26H,4-6H2,1-2H3,(H2,22,23,27,28,29)/t7-,8+,15-/m1/s1. The predicted octanol–water partition coefficient (Wildman–Crippen LogP) is -0.218. The van der Waals surface area contributed by atoms with Crippen LogP contribution in [-0.4, -0.2) is 65.2 Å². The van der Waals surface area contributed by atoms with E-state index in [1.807, 2.05) is 0 Å². The van der Waals surface area contributed by atoms with Gasteiger partial charge in [0, 0.05) is 18.5 Å². The number of fused-ring (bicyclic) bond motifs is 4. The number of nitrogens with zero attached hydrogens (tertiary/aromatic N) is 1. The van der Waals surface area contributed by atoms with E-state index in [-0.39, 0.29) is 35.9 Å². The molecule has 4 amide bonds. The Morgan fingerprint density at radius 1 is 1.33 bits per heavy atom. The van der Waals surface area contributed by atoms with E-state index >= 15 is 4.39 Å². The number of anilines is 1. The van der Waals surface area contributed by atoms with Gasteiger partial charge in [0.15, 0.2) is 17.0 Å². The van der Waals surface area contributed by atoms with Gasteiger partial charge in [0.25, 0.3) is 0 Å². The van der Waals surface area contributed by atoms with Crippen LogP contribution in [0.4, 0.5) is 14.9 Å². The minimum atomic E-state index is -1.79. The zero-order valence-electron chi connectivity index (χ0n) is 16.3. The zero-order valence-corrected chi connectivity index (χ0v) is 16.3. The van der Waals surface area contributed by atoms with Crippen LogP contribution in [0.25, 0.3) is 0 Å². The molecular weight excluding hydrogens is 399 g/mol. The fourth-order valence-corrected chi connectivity index (χ4v) is 4.87. The minimum absolute atomic E-state index is 0.0112. The third-order valence-corrected chi connectivity index (χ3v) is 5.98. The van der Waals surface area contributed by atoms with Gasteiger partial charge in [-0.05, 0) is 25.5 Å². The molecule has 160 valence electrons. The first-order chi connectivity index (χ1) is 14.1. The fourth-order valence-electron chi connectivity index (χ4n) is 4.87. The molecule has 3 aliphatic rings. The SMILES string of the molecule is C[C@@H]1CN2c3c(cc(C(=N)CO)c(O)c3F)CC3(C(=O)NC(=O)NC3=O)[C@H]2[C@H](C)O1. The van der Waals surface area contributed by atoms with Crippen molar-refractivity contribution < 1.29 is 33.7 Å². The maximum atomic E-state index is 15.3. The molecule has 3 atom stereocenters. The van der Waals surface area contributed by atoms with Gasteiger partial charge in [-0.1, -0.05) is 0 Å². The summed E-state index contributed by atoms with van der Waals surface area (Å²) in [6.45, 7) is 2.81. The molecule has 2 fully saturated rings. The maximum absolute atomic E-state index is 15.3. The van der Waals surface area contributed by atoms with Crippen LogP contribution in [0.1, 0.15) is 25.0 Å². The fraction of sp³-hybridized carbons (Fsp3) is 0.474. The van der Waals surface area contributed by atoms with Crippen molar-refractivity contribution in [3.63, 3.8) is 0 Å². The zero-order chi connectivity index (χ0) is 22.0. The Balaban J connectivity index is 1.98. The van der Waals surface area contributed by atoms with Crippen LogP contribution in [0, 0.1) is 16.6 Å². The number of aliphatic hydroxyl groups is 1. The number of rotatable bonds is 2. The van der Waals surface area contributed by atoms with Crippen molar-refractivity contribution in [3.05, 3.63) is 23.0 Å². The topological polar surface area (TPSA) is 152 Å². The maximum Gasteiger partial charge on any atom is 0.328 e. The summed E-state index contributed by atoms with van der Waals surface area (Å²) in [4.78, 5) is 39.2. The van der Waals surface area contributed by atoms with Gasteiger partial charge < -0.3 is 25.3 Å². The summed E-state index contributed by atoms with van der Waals surface area (Å²) in [5.74, 6) is -3.44. The molecule has 11 heteroatoms. The molecule has 0 saturated carbocycles. The number of carbonyl (C=O) groups excluding carboxylic acids is 3. The Bertz CT molecular complexity index is 976. The smallest absolute Gasteiger partial charge is 0.328 e.